The molecule has 22 heavy (non-hydrogen) atoms. The van der Waals surface area contributed by atoms with Crippen LogP contribution in [0.25, 0.3) is 0 Å². The van der Waals surface area contributed by atoms with Crippen molar-refractivity contribution in [3.8, 4) is 11.5 Å². The third-order valence-electron chi connectivity index (χ3n) is 3.86. The van der Waals surface area contributed by atoms with E-state index >= 15 is 0 Å². The van der Waals surface area contributed by atoms with Crippen LogP contribution in [0.1, 0.15) is 19.3 Å². The second-order valence-electron chi connectivity index (χ2n) is 5.73. The van der Waals surface area contributed by atoms with Crippen molar-refractivity contribution in [1.82, 2.24) is 0 Å². The van der Waals surface area contributed by atoms with Crippen LogP contribution in [0.15, 0.2) is 18.2 Å². The number of hydrogen-bond acceptors (Lipinski definition) is 5. The van der Waals surface area contributed by atoms with Crippen LogP contribution in [-0.4, -0.2) is 39.0 Å². The van der Waals surface area contributed by atoms with Gasteiger partial charge in [-0.3, -0.25) is 4.79 Å². The molecule has 7 heteroatoms. The van der Waals surface area contributed by atoms with Crippen LogP contribution in [-0.2, 0) is 14.6 Å². The van der Waals surface area contributed by atoms with E-state index < -0.39 is 9.84 Å². The second-order valence-corrected chi connectivity index (χ2v) is 7.96. The van der Waals surface area contributed by atoms with Crippen molar-refractivity contribution in [2.24, 2.45) is 5.92 Å². The monoisotopic (exact) mass is 325 g/mol. The molecule has 1 atom stereocenters. The van der Waals surface area contributed by atoms with Crippen molar-refractivity contribution < 1.29 is 22.7 Å². The summed E-state index contributed by atoms with van der Waals surface area (Å²) in [5.74, 6) is 1.39. The number of rotatable bonds is 3. The summed E-state index contributed by atoms with van der Waals surface area (Å²) in [6.45, 7) is 1.01. The van der Waals surface area contributed by atoms with E-state index in [0.717, 1.165) is 6.42 Å². The Morgan fingerprint density at radius 2 is 2.00 bits per heavy atom. The van der Waals surface area contributed by atoms with E-state index in [0.29, 0.717) is 36.8 Å². The summed E-state index contributed by atoms with van der Waals surface area (Å²) in [5.41, 5.74) is 0.632. The first-order valence-corrected chi connectivity index (χ1v) is 9.24. The quantitative estimate of drug-likeness (QED) is 0.913. The van der Waals surface area contributed by atoms with Gasteiger partial charge in [-0.05, 0) is 30.9 Å². The van der Waals surface area contributed by atoms with E-state index in [9.17, 15) is 13.2 Å². The number of fused-ring (bicyclic) bond motifs is 1. The Labute approximate surface area is 129 Å². The molecule has 2 heterocycles. The Kier molecular flexibility index (Phi) is 4.24. The Balaban J connectivity index is 1.60. The number of carbonyl (C=O) groups excluding carboxylic acids is 1. The molecule has 1 amide bonds. The van der Waals surface area contributed by atoms with E-state index in [1.807, 2.05) is 0 Å². The van der Waals surface area contributed by atoms with Crippen molar-refractivity contribution in [3.05, 3.63) is 18.2 Å². The zero-order chi connectivity index (χ0) is 15.6. The summed E-state index contributed by atoms with van der Waals surface area (Å²) in [5, 5.41) is 2.80. The maximum Gasteiger partial charge on any atom is 0.224 e. The number of benzene rings is 1. The topological polar surface area (TPSA) is 81.7 Å². The summed E-state index contributed by atoms with van der Waals surface area (Å²) < 4.78 is 34.1. The molecule has 120 valence electrons. The van der Waals surface area contributed by atoms with Crippen LogP contribution in [0, 0.1) is 5.92 Å². The first-order valence-electron chi connectivity index (χ1n) is 7.42. The SMILES string of the molecule is O=C(CC1CCCS(=O)(=O)C1)Nc1ccc2c(c1)OCCO2. The molecular formula is C15H19NO5S. The zero-order valence-corrected chi connectivity index (χ0v) is 13.0. The standard InChI is InChI=1S/C15H19NO5S/c17-15(8-11-2-1-7-22(18,19)10-11)16-12-3-4-13-14(9-12)21-6-5-20-13/h3-4,9,11H,1-2,5-8,10H2,(H,16,17). The molecular weight excluding hydrogens is 306 g/mol. The van der Waals surface area contributed by atoms with Crippen LogP contribution in [0.2, 0.25) is 0 Å². The molecule has 1 aromatic rings. The first-order chi connectivity index (χ1) is 10.5. The zero-order valence-electron chi connectivity index (χ0n) is 12.2. The van der Waals surface area contributed by atoms with E-state index in [-0.39, 0.29) is 29.8 Å². The Bertz CT molecular complexity index is 671. The fourth-order valence-corrected chi connectivity index (χ4v) is 4.65. The lowest BCUT2D eigenvalue weighted by molar-refractivity contribution is -0.117. The van der Waals surface area contributed by atoms with Crippen molar-refractivity contribution in [2.75, 3.05) is 30.0 Å². The molecule has 1 aromatic carbocycles. The highest BCUT2D eigenvalue weighted by Crippen LogP contribution is 2.32. The Morgan fingerprint density at radius 3 is 2.77 bits per heavy atom. The van der Waals surface area contributed by atoms with Crippen molar-refractivity contribution in [3.63, 3.8) is 0 Å². The van der Waals surface area contributed by atoms with Crippen LogP contribution in [0.5, 0.6) is 11.5 Å². The fraction of sp³-hybridized carbons (Fsp3) is 0.533. The highest BCUT2D eigenvalue weighted by molar-refractivity contribution is 7.91. The summed E-state index contributed by atoms with van der Waals surface area (Å²) in [7, 11) is -2.98. The average Bonchev–Trinajstić information content (AvgIpc) is 2.46. The molecule has 0 aromatic heterocycles. The molecule has 6 nitrogen and oxygen atoms in total. The smallest absolute Gasteiger partial charge is 0.224 e. The lowest BCUT2D eigenvalue weighted by Crippen LogP contribution is -2.28. The molecule has 1 unspecified atom stereocenters. The van der Waals surface area contributed by atoms with E-state index in [2.05, 4.69) is 5.32 Å². The number of anilines is 1. The van der Waals surface area contributed by atoms with Gasteiger partial charge in [-0.2, -0.15) is 0 Å². The van der Waals surface area contributed by atoms with Crippen LogP contribution in [0.4, 0.5) is 5.69 Å². The summed E-state index contributed by atoms with van der Waals surface area (Å²) in [6, 6.07) is 5.24. The molecule has 1 N–H and O–H groups in total. The van der Waals surface area contributed by atoms with Crippen LogP contribution in [0.3, 0.4) is 0 Å². The number of amides is 1. The van der Waals surface area contributed by atoms with Crippen molar-refractivity contribution >= 4 is 21.4 Å². The van der Waals surface area contributed by atoms with Gasteiger partial charge in [-0.15, -0.1) is 0 Å². The van der Waals surface area contributed by atoms with Gasteiger partial charge in [0.1, 0.15) is 13.2 Å². The van der Waals surface area contributed by atoms with Gasteiger partial charge in [0.15, 0.2) is 21.3 Å². The summed E-state index contributed by atoms with van der Waals surface area (Å²) in [4.78, 5) is 12.1. The van der Waals surface area contributed by atoms with E-state index in [1.165, 1.54) is 0 Å². The highest BCUT2D eigenvalue weighted by Gasteiger charge is 2.26. The van der Waals surface area contributed by atoms with Gasteiger partial charge in [-0.1, -0.05) is 0 Å². The number of hydrogen-bond donors (Lipinski definition) is 1. The predicted octanol–water partition coefficient (Wildman–Crippen LogP) is 1.61. The summed E-state index contributed by atoms with van der Waals surface area (Å²) >= 11 is 0. The van der Waals surface area contributed by atoms with Crippen molar-refractivity contribution in [1.29, 1.82) is 0 Å². The number of nitrogens with one attached hydrogen (secondary N) is 1. The molecule has 3 rings (SSSR count). The lowest BCUT2D eigenvalue weighted by Gasteiger charge is -2.22. The summed E-state index contributed by atoms with van der Waals surface area (Å²) in [6.07, 6.45) is 1.66. The first kappa shape index (κ1) is 15.1. The minimum Gasteiger partial charge on any atom is -0.486 e. The predicted molar refractivity (Wildman–Crippen MR) is 82.1 cm³/mol. The van der Waals surface area contributed by atoms with Gasteiger partial charge >= 0.3 is 0 Å². The lowest BCUT2D eigenvalue weighted by atomic mass is 10.0. The number of sulfone groups is 1. The molecule has 0 bridgehead atoms. The molecule has 1 saturated heterocycles. The largest absolute Gasteiger partial charge is 0.486 e. The Morgan fingerprint density at radius 1 is 1.23 bits per heavy atom. The molecule has 0 spiro atoms. The van der Waals surface area contributed by atoms with Gasteiger partial charge in [-0.25, -0.2) is 8.42 Å². The maximum absolute atomic E-state index is 12.1. The Hall–Kier alpha value is -1.76. The van der Waals surface area contributed by atoms with Gasteiger partial charge < -0.3 is 14.8 Å². The van der Waals surface area contributed by atoms with Gasteiger partial charge in [0.2, 0.25) is 5.91 Å². The molecule has 1 fully saturated rings. The number of carbonyl (C=O) groups is 1. The maximum atomic E-state index is 12.1. The van der Waals surface area contributed by atoms with Gasteiger partial charge in [0.25, 0.3) is 0 Å². The third kappa shape index (κ3) is 3.71. The molecule has 0 saturated carbocycles. The van der Waals surface area contributed by atoms with Crippen molar-refractivity contribution in [2.45, 2.75) is 19.3 Å². The van der Waals surface area contributed by atoms with Gasteiger partial charge in [0, 0.05) is 18.2 Å². The number of ether oxygens (including phenoxy) is 2. The molecule has 2 aliphatic heterocycles. The minimum absolute atomic E-state index is 0.0871. The van der Waals surface area contributed by atoms with Crippen LogP contribution >= 0.6 is 0 Å². The molecule has 0 radical (unpaired) electrons. The van der Waals surface area contributed by atoms with Gasteiger partial charge in [0.05, 0.1) is 11.5 Å². The highest BCUT2D eigenvalue weighted by atomic mass is 32.2. The van der Waals surface area contributed by atoms with E-state index in [4.69, 9.17) is 9.47 Å². The van der Waals surface area contributed by atoms with Crippen LogP contribution < -0.4 is 14.8 Å². The molecule has 2 aliphatic rings. The normalized spacial score (nSPS) is 22.8. The second kappa shape index (κ2) is 6.16. The fourth-order valence-electron chi connectivity index (χ4n) is 2.87. The third-order valence-corrected chi connectivity index (χ3v) is 5.75. The average molecular weight is 325 g/mol. The van der Waals surface area contributed by atoms with E-state index in [1.54, 1.807) is 18.2 Å². The minimum atomic E-state index is -2.98. The molecule has 0 aliphatic carbocycles.